The first-order valence-corrected chi connectivity index (χ1v) is 19.2. The normalized spacial score (nSPS) is 14.5. The highest BCUT2D eigenvalue weighted by atomic mass is 35.5. The number of hydrogen-bond donors (Lipinski definition) is 3. The van der Waals surface area contributed by atoms with Crippen LogP contribution in [-0.4, -0.2) is 28.9 Å². The van der Waals surface area contributed by atoms with Gasteiger partial charge in [-0.25, -0.2) is 10.0 Å². The van der Waals surface area contributed by atoms with Crippen molar-refractivity contribution in [1.82, 2.24) is 5.43 Å². The minimum absolute atomic E-state index is 0.0558. The standard InChI is InChI=1S/C39H48Cl4N4O4/c1-5-6-7-8-9-10-11-12-13-14-15-34(51-33-19-17-27(48)23-28(33)39(2,3)4)38(50)44-26-16-18-29(41)32(22-26)45-35-24-36(49)47(46-35)37-30(42)20-25(40)21-31(37)43/h16-23,34,48H,5-15,24H2,1-4H3,(H,44,50)(H,45,46)/t34-/m1/s1. The first kappa shape index (κ1) is 40.6. The fourth-order valence-electron chi connectivity index (χ4n) is 5.91. The largest absolute Gasteiger partial charge is 0.508 e. The van der Waals surface area contributed by atoms with E-state index in [0.717, 1.165) is 24.8 Å². The summed E-state index contributed by atoms with van der Waals surface area (Å²) in [5.74, 6) is 0.373. The number of halogens is 4. The third-order valence-corrected chi connectivity index (χ3v) is 9.75. The van der Waals surface area contributed by atoms with Crippen molar-refractivity contribution in [3.05, 3.63) is 74.2 Å². The van der Waals surface area contributed by atoms with Crippen LogP contribution in [0, 0.1) is 0 Å². The number of aromatic hydroxyl groups is 1. The number of carbonyl (C=O) groups is 2. The van der Waals surface area contributed by atoms with Crippen LogP contribution in [0.3, 0.4) is 0 Å². The number of hydrazine groups is 1. The number of phenols is 1. The number of nitrogens with one attached hydrogen (secondary N) is 2. The zero-order valence-corrected chi connectivity index (χ0v) is 32.8. The topological polar surface area (TPSA) is 103 Å². The van der Waals surface area contributed by atoms with Crippen LogP contribution in [0.15, 0.2) is 53.5 Å². The van der Waals surface area contributed by atoms with Gasteiger partial charge in [-0.2, -0.15) is 0 Å². The number of phenolic OH excluding ortho intramolecular Hbond substituents is 1. The smallest absolute Gasteiger partial charge is 0.265 e. The second-order valence-electron chi connectivity index (χ2n) is 14.0. The molecule has 51 heavy (non-hydrogen) atoms. The summed E-state index contributed by atoms with van der Waals surface area (Å²) >= 11 is 25.3. The summed E-state index contributed by atoms with van der Waals surface area (Å²) in [6, 6.07) is 12.9. The molecule has 276 valence electrons. The molecule has 0 spiro atoms. The van der Waals surface area contributed by atoms with Crippen LogP contribution < -0.4 is 20.5 Å². The average Bonchev–Trinajstić information content (AvgIpc) is 3.41. The molecule has 0 aromatic heterocycles. The molecule has 1 saturated heterocycles. The Morgan fingerprint density at radius 2 is 1.53 bits per heavy atom. The summed E-state index contributed by atoms with van der Waals surface area (Å²) < 4.78 is 6.44. The predicted molar refractivity (Wildman–Crippen MR) is 212 cm³/mol. The first-order valence-electron chi connectivity index (χ1n) is 17.7. The van der Waals surface area contributed by atoms with Crippen LogP contribution in [0.4, 0.5) is 17.1 Å². The number of unbranched alkanes of at least 4 members (excludes halogenated alkanes) is 9. The van der Waals surface area contributed by atoms with Crippen molar-refractivity contribution in [1.29, 1.82) is 0 Å². The number of benzene rings is 3. The second kappa shape index (κ2) is 19.1. The van der Waals surface area contributed by atoms with E-state index < -0.39 is 6.10 Å². The molecule has 0 saturated carbocycles. The van der Waals surface area contributed by atoms with E-state index in [1.54, 1.807) is 36.4 Å². The molecule has 4 rings (SSSR count). The van der Waals surface area contributed by atoms with E-state index in [2.05, 4.69) is 22.7 Å². The lowest BCUT2D eigenvalue weighted by Gasteiger charge is -2.26. The molecule has 1 aliphatic rings. The van der Waals surface area contributed by atoms with Gasteiger partial charge in [0.25, 0.3) is 11.8 Å². The van der Waals surface area contributed by atoms with Gasteiger partial charge in [0, 0.05) is 16.3 Å². The maximum absolute atomic E-state index is 13.9. The average molecular weight is 779 g/mol. The molecule has 8 nitrogen and oxygen atoms in total. The third-order valence-electron chi connectivity index (χ3n) is 8.64. The summed E-state index contributed by atoms with van der Waals surface area (Å²) in [6.07, 6.45) is 11.5. The van der Waals surface area contributed by atoms with Gasteiger partial charge in [0.1, 0.15) is 23.0 Å². The summed E-state index contributed by atoms with van der Waals surface area (Å²) in [5.41, 5.74) is 4.51. The van der Waals surface area contributed by atoms with E-state index >= 15 is 0 Å². The van der Waals surface area contributed by atoms with Gasteiger partial charge < -0.3 is 15.2 Å². The van der Waals surface area contributed by atoms with E-state index in [0.29, 0.717) is 39.4 Å². The molecule has 1 atom stereocenters. The molecular weight excluding hydrogens is 730 g/mol. The number of hydrogen-bond acceptors (Lipinski definition) is 5. The van der Waals surface area contributed by atoms with Gasteiger partial charge in [-0.05, 0) is 66.8 Å². The number of anilines is 2. The summed E-state index contributed by atoms with van der Waals surface area (Å²) in [4.78, 5) is 31.4. The maximum atomic E-state index is 13.9. The Bertz CT molecular complexity index is 1690. The Balaban J connectivity index is 1.47. The molecule has 1 heterocycles. The van der Waals surface area contributed by atoms with Crippen molar-refractivity contribution >= 4 is 81.1 Å². The van der Waals surface area contributed by atoms with Crippen molar-refractivity contribution in [3.8, 4) is 11.5 Å². The molecular formula is C39H48Cl4N4O4. The van der Waals surface area contributed by atoms with Gasteiger partial charge in [0.15, 0.2) is 6.10 Å². The van der Waals surface area contributed by atoms with Crippen LogP contribution in [-0.2, 0) is 15.0 Å². The number of amides is 2. The van der Waals surface area contributed by atoms with Gasteiger partial charge in [-0.15, -0.1) is 0 Å². The lowest BCUT2D eigenvalue weighted by molar-refractivity contribution is -0.123. The molecule has 0 aliphatic carbocycles. The Kier molecular flexibility index (Phi) is 15.2. The monoisotopic (exact) mass is 776 g/mol. The Morgan fingerprint density at radius 3 is 2.16 bits per heavy atom. The van der Waals surface area contributed by atoms with Crippen molar-refractivity contribution in [2.75, 3.05) is 10.3 Å². The number of carbonyl (C=O) groups excluding carboxylic acids is 2. The Hall–Kier alpha value is -3.17. The van der Waals surface area contributed by atoms with E-state index in [9.17, 15) is 14.7 Å². The molecule has 3 aromatic rings. The number of ether oxygens (including phenoxy) is 1. The summed E-state index contributed by atoms with van der Waals surface area (Å²) in [7, 11) is 0. The van der Waals surface area contributed by atoms with E-state index in [1.807, 2.05) is 20.8 Å². The Morgan fingerprint density at radius 1 is 0.902 bits per heavy atom. The van der Waals surface area contributed by atoms with Crippen molar-refractivity contribution in [2.24, 2.45) is 4.99 Å². The highest BCUT2D eigenvalue weighted by Crippen LogP contribution is 2.38. The minimum Gasteiger partial charge on any atom is -0.508 e. The molecule has 0 radical (unpaired) electrons. The predicted octanol–water partition coefficient (Wildman–Crippen LogP) is 12.0. The van der Waals surface area contributed by atoms with Crippen LogP contribution in [0.5, 0.6) is 11.5 Å². The van der Waals surface area contributed by atoms with Gasteiger partial charge in [-0.1, -0.05) is 132 Å². The lowest BCUT2D eigenvalue weighted by atomic mass is 9.86. The highest BCUT2D eigenvalue weighted by Gasteiger charge is 2.31. The minimum atomic E-state index is -0.785. The molecule has 1 fully saturated rings. The number of nitrogens with zero attached hydrogens (tertiary/aromatic N) is 2. The van der Waals surface area contributed by atoms with Crippen LogP contribution in [0.2, 0.25) is 20.1 Å². The molecule has 0 bridgehead atoms. The third kappa shape index (κ3) is 11.9. The quantitative estimate of drug-likeness (QED) is 0.118. The molecule has 1 aliphatic heterocycles. The molecule has 12 heteroatoms. The van der Waals surface area contributed by atoms with E-state index in [4.69, 9.17) is 51.1 Å². The maximum Gasteiger partial charge on any atom is 0.265 e. The zero-order valence-electron chi connectivity index (χ0n) is 29.8. The number of amidine groups is 1. The van der Waals surface area contributed by atoms with Gasteiger partial charge in [0.05, 0.1) is 27.2 Å². The van der Waals surface area contributed by atoms with Gasteiger partial charge in [0.2, 0.25) is 0 Å². The summed E-state index contributed by atoms with van der Waals surface area (Å²) in [5, 5.41) is 15.5. The first-order chi connectivity index (χ1) is 24.3. The number of aliphatic imine (C=N–C) groups is 1. The molecule has 0 unspecified atom stereocenters. The second-order valence-corrected chi connectivity index (χ2v) is 15.6. The molecule has 2 amide bonds. The fraction of sp³-hybridized carbons (Fsp3) is 0.462. The van der Waals surface area contributed by atoms with Crippen molar-refractivity contribution in [2.45, 2.75) is 116 Å². The fourth-order valence-corrected chi connectivity index (χ4v) is 7.06. The zero-order chi connectivity index (χ0) is 37.1. The molecule has 3 aromatic carbocycles. The van der Waals surface area contributed by atoms with E-state index in [-0.39, 0.29) is 45.1 Å². The van der Waals surface area contributed by atoms with Gasteiger partial charge >= 0.3 is 0 Å². The van der Waals surface area contributed by atoms with Crippen molar-refractivity contribution in [3.63, 3.8) is 0 Å². The van der Waals surface area contributed by atoms with Crippen LogP contribution >= 0.6 is 46.4 Å². The van der Waals surface area contributed by atoms with Crippen LogP contribution in [0.1, 0.15) is 110 Å². The Labute approximate surface area is 321 Å². The lowest BCUT2D eigenvalue weighted by Crippen LogP contribution is -2.36. The summed E-state index contributed by atoms with van der Waals surface area (Å²) in [6.45, 7) is 8.34. The van der Waals surface area contributed by atoms with Gasteiger partial charge in [-0.3, -0.25) is 15.0 Å². The van der Waals surface area contributed by atoms with Crippen molar-refractivity contribution < 1.29 is 19.4 Å². The highest BCUT2D eigenvalue weighted by molar-refractivity contribution is 6.42. The SMILES string of the molecule is CCCCCCCCCCCC[C@@H](Oc1ccc(O)cc1C(C)(C)C)C(=O)Nc1ccc(Cl)c(N=C2CC(=O)N(c3c(Cl)cc(Cl)cc3Cl)N2)c1. The van der Waals surface area contributed by atoms with E-state index in [1.165, 1.54) is 62.1 Å². The molecule has 3 N–H and O–H groups in total. The number of rotatable bonds is 17. The van der Waals surface area contributed by atoms with Crippen LogP contribution in [0.25, 0.3) is 0 Å².